The average molecular weight is 219 g/mol. The molecule has 2 amide bonds. The monoisotopic (exact) mass is 219 g/mol. The van der Waals surface area contributed by atoms with E-state index in [-0.39, 0.29) is 11.8 Å². The fourth-order valence-corrected chi connectivity index (χ4v) is 1.73. The smallest absolute Gasteiger partial charge is 0.256 e. The number of amides is 2. The lowest BCUT2D eigenvalue weighted by atomic mass is 10.1. The number of hydrogen-bond acceptors (Lipinski definition) is 3. The number of hydrogen-bond donors (Lipinski definition) is 3. The summed E-state index contributed by atoms with van der Waals surface area (Å²) in [5, 5.41) is 5.34. The van der Waals surface area contributed by atoms with Gasteiger partial charge >= 0.3 is 0 Å². The Kier molecular flexibility index (Phi) is 2.52. The van der Waals surface area contributed by atoms with E-state index in [1.165, 1.54) is 0 Å². The molecule has 2 rings (SSSR count). The first-order valence-electron chi connectivity index (χ1n) is 5.13. The summed E-state index contributed by atoms with van der Waals surface area (Å²) in [6.07, 6.45) is 0.547. The molecule has 1 aromatic carbocycles. The van der Waals surface area contributed by atoms with Crippen LogP contribution in [0.5, 0.6) is 0 Å². The standard InChI is InChI=1S/C11H13N3O2/c1-2-7-10(15)14-8-5-3-4-6(12)9(8)11(16)13-7/h3-5,7H,2,12H2,1H3,(H,13,16)(H,14,15). The Bertz CT molecular complexity index is 457. The molecule has 0 saturated heterocycles. The fraction of sp³-hybridized carbons (Fsp3) is 0.273. The van der Waals surface area contributed by atoms with Crippen molar-refractivity contribution in [1.29, 1.82) is 0 Å². The number of anilines is 2. The number of nitrogens with one attached hydrogen (secondary N) is 2. The lowest BCUT2D eigenvalue weighted by Gasteiger charge is -2.10. The average Bonchev–Trinajstić information content (AvgIpc) is 2.36. The Hall–Kier alpha value is -2.04. The van der Waals surface area contributed by atoms with Crippen LogP contribution in [0.1, 0.15) is 23.7 Å². The largest absolute Gasteiger partial charge is 0.398 e. The second kappa shape index (κ2) is 3.84. The predicted molar refractivity (Wildman–Crippen MR) is 61.0 cm³/mol. The van der Waals surface area contributed by atoms with Gasteiger partial charge in [-0.1, -0.05) is 13.0 Å². The Balaban J connectivity index is 2.49. The zero-order valence-electron chi connectivity index (χ0n) is 8.91. The molecule has 1 atom stereocenters. The Morgan fingerprint density at radius 3 is 2.81 bits per heavy atom. The number of carbonyl (C=O) groups excluding carboxylic acids is 2. The van der Waals surface area contributed by atoms with Gasteiger partial charge in [0, 0.05) is 5.69 Å². The highest BCUT2D eigenvalue weighted by molar-refractivity contribution is 6.12. The quantitative estimate of drug-likeness (QED) is 0.609. The van der Waals surface area contributed by atoms with Gasteiger partial charge in [-0.15, -0.1) is 0 Å². The van der Waals surface area contributed by atoms with Crippen molar-refractivity contribution in [2.45, 2.75) is 19.4 Å². The molecule has 5 heteroatoms. The van der Waals surface area contributed by atoms with E-state index in [1.807, 2.05) is 6.92 Å². The summed E-state index contributed by atoms with van der Waals surface area (Å²) < 4.78 is 0. The first kappa shape index (κ1) is 10.5. The van der Waals surface area contributed by atoms with Gasteiger partial charge in [0.15, 0.2) is 0 Å². The fourth-order valence-electron chi connectivity index (χ4n) is 1.73. The van der Waals surface area contributed by atoms with E-state index < -0.39 is 6.04 Å². The van der Waals surface area contributed by atoms with E-state index in [9.17, 15) is 9.59 Å². The van der Waals surface area contributed by atoms with Gasteiger partial charge in [-0.05, 0) is 18.6 Å². The van der Waals surface area contributed by atoms with Crippen molar-refractivity contribution in [1.82, 2.24) is 5.32 Å². The summed E-state index contributed by atoms with van der Waals surface area (Å²) in [5.41, 5.74) is 6.90. The van der Waals surface area contributed by atoms with Gasteiger partial charge in [0.25, 0.3) is 5.91 Å². The highest BCUT2D eigenvalue weighted by atomic mass is 16.2. The second-order valence-electron chi connectivity index (χ2n) is 3.69. The first-order valence-corrected chi connectivity index (χ1v) is 5.13. The van der Waals surface area contributed by atoms with Gasteiger partial charge in [-0.25, -0.2) is 0 Å². The normalized spacial score (nSPS) is 19.4. The molecule has 0 aromatic heterocycles. The topological polar surface area (TPSA) is 84.2 Å². The van der Waals surface area contributed by atoms with Crippen molar-refractivity contribution in [3.05, 3.63) is 23.8 Å². The minimum Gasteiger partial charge on any atom is -0.398 e. The highest BCUT2D eigenvalue weighted by Gasteiger charge is 2.27. The van der Waals surface area contributed by atoms with E-state index in [1.54, 1.807) is 18.2 Å². The molecule has 4 N–H and O–H groups in total. The number of fused-ring (bicyclic) bond motifs is 1. The molecule has 1 heterocycles. The van der Waals surface area contributed by atoms with Crippen molar-refractivity contribution in [2.24, 2.45) is 0 Å². The second-order valence-corrected chi connectivity index (χ2v) is 3.69. The Labute approximate surface area is 93.0 Å². The summed E-state index contributed by atoms with van der Waals surface area (Å²) in [4.78, 5) is 23.6. The van der Waals surface area contributed by atoms with Gasteiger partial charge in [0.05, 0.1) is 11.3 Å². The molecule has 0 fully saturated rings. The number of nitrogens with two attached hydrogens (primary N) is 1. The summed E-state index contributed by atoms with van der Waals surface area (Å²) in [6.45, 7) is 1.84. The molecular weight excluding hydrogens is 206 g/mol. The number of benzene rings is 1. The molecule has 5 nitrogen and oxygen atoms in total. The van der Waals surface area contributed by atoms with Crippen LogP contribution >= 0.6 is 0 Å². The van der Waals surface area contributed by atoms with Crippen LogP contribution < -0.4 is 16.4 Å². The van der Waals surface area contributed by atoms with Crippen molar-refractivity contribution in [3.63, 3.8) is 0 Å². The van der Waals surface area contributed by atoms with E-state index in [2.05, 4.69) is 10.6 Å². The van der Waals surface area contributed by atoms with Crippen molar-refractivity contribution in [2.75, 3.05) is 11.1 Å². The molecule has 0 spiro atoms. The van der Waals surface area contributed by atoms with Crippen molar-refractivity contribution < 1.29 is 9.59 Å². The number of nitrogen functional groups attached to an aromatic ring is 1. The van der Waals surface area contributed by atoms with Gasteiger partial charge in [0.1, 0.15) is 6.04 Å². The zero-order chi connectivity index (χ0) is 11.7. The maximum absolute atomic E-state index is 11.9. The van der Waals surface area contributed by atoms with Crippen LogP contribution in [-0.4, -0.2) is 17.9 Å². The van der Waals surface area contributed by atoms with Gasteiger partial charge in [-0.2, -0.15) is 0 Å². The molecule has 1 aromatic rings. The third-order valence-electron chi connectivity index (χ3n) is 2.61. The van der Waals surface area contributed by atoms with Crippen molar-refractivity contribution in [3.8, 4) is 0 Å². The van der Waals surface area contributed by atoms with E-state index >= 15 is 0 Å². The molecule has 1 unspecified atom stereocenters. The summed E-state index contributed by atoms with van der Waals surface area (Å²) in [5.74, 6) is -0.515. The van der Waals surface area contributed by atoms with Crippen LogP contribution in [0.3, 0.4) is 0 Å². The molecule has 1 aliphatic heterocycles. The maximum atomic E-state index is 11.9. The summed E-state index contributed by atoms with van der Waals surface area (Å²) in [7, 11) is 0. The van der Waals surface area contributed by atoms with E-state index in [0.29, 0.717) is 23.4 Å². The van der Waals surface area contributed by atoms with Crippen LogP contribution in [0.2, 0.25) is 0 Å². The third-order valence-corrected chi connectivity index (χ3v) is 2.61. The first-order chi connectivity index (χ1) is 7.63. The van der Waals surface area contributed by atoms with E-state index in [4.69, 9.17) is 5.73 Å². The lowest BCUT2D eigenvalue weighted by molar-refractivity contribution is -0.117. The molecule has 0 radical (unpaired) electrons. The van der Waals surface area contributed by atoms with Gasteiger partial charge in [0.2, 0.25) is 5.91 Å². The van der Waals surface area contributed by atoms with E-state index in [0.717, 1.165) is 0 Å². The highest BCUT2D eigenvalue weighted by Crippen LogP contribution is 2.24. The van der Waals surface area contributed by atoms with Crippen molar-refractivity contribution >= 4 is 23.2 Å². The Morgan fingerprint density at radius 2 is 2.12 bits per heavy atom. The van der Waals surface area contributed by atoms with Crippen LogP contribution in [0.15, 0.2) is 18.2 Å². The van der Waals surface area contributed by atoms with Crippen LogP contribution in [-0.2, 0) is 4.79 Å². The summed E-state index contributed by atoms with van der Waals surface area (Å²) in [6, 6.07) is 4.51. The third kappa shape index (κ3) is 1.60. The number of carbonyl (C=O) groups is 2. The van der Waals surface area contributed by atoms with Crippen LogP contribution in [0.25, 0.3) is 0 Å². The minimum atomic E-state index is -0.501. The molecule has 0 saturated carbocycles. The molecule has 16 heavy (non-hydrogen) atoms. The predicted octanol–water partition coefficient (Wildman–Crippen LogP) is 0.729. The SMILES string of the molecule is CCC1NC(=O)c2c(N)cccc2NC1=O. The maximum Gasteiger partial charge on any atom is 0.256 e. The van der Waals surface area contributed by atoms with Gasteiger partial charge < -0.3 is 16.4 Å². The zero-order valence-corrected chi connectivity index (χ0v) is 8.91. The minimum absolute atomic E-state index is 0.208. The molecule has 0 aliphatic carbocycles. The molecule has 0 bridgehead atoms. The van der Waals surface area contributed by atoms with Gasteiger partial charge in [-0.3, -0.25) is 9.59 Å². The Morgan fingerprint density at radius 1 is 1.38 bits per heavy atom. The summed E-state index contributed by atoms with van der Waals surface area (Å²) >= 11 is 0. The molecule has 84 valence electrons. The molecule has 1 aliphatic rings. The van der Waals surface area contributed by atoms with Crippen LogP contribution in [0.4, 0.5) is 11.4 Å². The molecular formula is C11H13N3O2. The van der Waals surface area contributed by atoms with Crippen LogP contribution in [0, 0.1) is 0 Å². The number of rotatable bonds is 1. The lowest BCUT2D eigenvalue weighted by Crippen LogP contribution is -2.40.